The van der Waals surface area contributed by atoms with Gasteiger partial charge in [0.05, 0.1) is 13.2 Å². The van der Waals surface area contributed by atoms with Crippen LogP contribution >= 0.6 is 0 Å². The van der Waals surface area contributed by atoms with Gasteiger partial charge in [0.1, 0.15) is 0 Å². The number of rotatable bonds is 7. The summed E-state index contributed by atoms with van der Waals surface area (Å²) in [6.07, 6.45) is 6.07. The molecule has 148 valence electrons. The summed E-state index contributed by atoms with van der Waals surface area (Å²) in [7, 11) is 0. The van der Waals surface area contributed by atoms with Crippen LogP contribution < -0.4 is 9.47 Å². The fraction of sp³-hybridized carbons (Fsp3) is 0.391. The van der Waals surface area contributed by atoms with Gasteiger partial charge in [-0.3, -0.25) is 0 Å². The van der Waals surface area contributed by atoms with E-state index in [1.807, 2.05) is 6.92 Å². The SMILES string of the molecule is CCC=C1CC(COc2ccc3c(oc4c(F)c(OCCC)ccc43)c2F)C1. The summed E-state index contributed by atoms with van der Waals surface area (Å²) in [6, 6.07) is 6.57. The zero-order chi connectivity index (χ0) is 19.7. The van der Waals surface area contributed by atoms with Gasteiger partial charge in [-0.2, -0.15) is 8.78 Å². The average Bonchev–Trinajstić information content (AvgIpc) is 3.05. The molecule has 0 saturated heterocycles. The molecule has 0 atom stereocenters. The van der Waals surface area contributed by atoms with Crippen LogP contribution in [0, 0.1) is 17.6 Å². The van der Waals surface area contributed by atoms with Crippen molar-refractivity contribution in [1.29, 1.82) is 0 Å². The Balaban J connectivity index is 1.59. The number of hydrogen-bond donors (Lipinski definition) is 0. The molecule has 0 radical (unpaired) electrons. The van der Waals surface area contributed by atoms with Crippen LogP contribution in [0.2, 0.25) is 0 Å². The third-order valence-corrected chi connectivity index (χ3v) is 5.15. The Morgan fingerprint density at radius 3 is 2.14 bits per heavy atom. The van der Waals surface area contributed by atoms with Crippen LogP contribution in [0.3, 0.4) is 0 Å². The van der Waals surface area contributed by atoms with E-state index in [0.717, 1.165) is 25.7 Å². The molecule has 1 fully saturated rings. The van der Waals surface area contributed by atoms with Gasteiger partial charge in [0.2, 0.25) is 11.6 Å². The summed E-state index contributed by atoms with van der Waals surface area (Å²) in [5.41, 5.74) is 1.47. The minimum Gasteiger partial charge on any atom is -0.490 e. The van der Waals surface area contributed by atoms with Crippen molar-refractivity contribution in [1.82, 2.24) is 0 Å². The monoisotopic (exact) mass is 386 g/mol. The zero-order valence-electron chi connectivity index (χ0n) is 16.2. The molecule has 4 rings (SSSR count). The largest absolute Gasteiger partial charge is 0.490 e. The smallest absolute Gasteiger partial charge is 0.208 e. The fourth-order valence-electron chi connectivity index (χ4n) is 3.70. The van der Waals surface area contributed by atoms with Crippen molar-refractivity contribution in [3.05, 3.63) is 47.5 Å². The maximum atomic E-state index is 14.9. The molecule has 0 bridgehead atoms. The second kappa shape index (κ2) is 7.82. The lowest BCUT2D eigenvalue weighted by molar-refractivity contribution is 0.210. The summed E-state index contributed by atoms with van der Waals surface area (Å²) in [5, 5.41) is 1.05. The summed E-state index contributed by atoms with van der Waals surface area (Å²) in [6.45, 7) is 4.94. The molecule has 1 heterocycles. The van der Waals surface area contributed by atoms with Crippen molar-refractivity contribution in [2.75, 3.05) is 13.2 Å². The maximum absolute atomic E-state index is 14.9. The predicted molar refractivity (Wildman–Crippen MR) is 106 cm³/mol. The first-order valence-corrected chi connectivity index (χ1v) is 9.89. The number of allylic oxidation sites excluding steroid dienone is 2. The molecule has 1 aliphatic rings. The molecule has 0 aliphatic heterocycles. The molecular weight excluding hydrogens is 362 g/mol. The molecule has 28 heavy (non-hydrogen) atoms. The molecular formula is C23H24F2O3. The highest BCUT2D eigenvalue weighted by molar-refractivity contribution is 6.06. The van der Waals surface area contributed by atoms with Gasteiger partial charge in [-0.25, -0.2) is 0 Å². The number of ether oxygens (including phenoxy) is 2. The number of benzene rings is 2. The molecule has 2 aromatic carbocycles. The molecule has 0 unspecified atom stereocenters. The molecule has 1 aromatic heterocycles. The minimum absolute atomic E-state index is 0.00740. The highest BCUT2D eigenvalue weighted by atomic mass is 19.1. The van der Waals surface area contributed by atoms with Crippen LogP contribution in [0.25, 0.3) is 21.9 Å². The number of fused-ring (bicyclic) bond motifs is 3. The Labute approximate surface area is 162 Å². The first kappa shape index (κ1) is 18.8. The molecule has 0 N–H and O–H groups in total. The quantitative estimate of drug-likeness (QED) is 0.420. The average molecular weight is 386 g/mol. The van der Waals surface area contributed by atoms with Crippen LogP contribution in [0.15, 0.2) is 40.3 Å². The summed E-state index contributed by atoms with van der Waals surface area (Å²) < 4.78 is 46.3. The standard InChI is InChI=1S/C23H24F2O3/c1-3-5-14-11-15(12-14)13-27-19-9-7-17-16-6-8-18(26-10-4-2)20(24)22(16)28-23(17)21(19)25/h5-9,15H,3-4,10-13H2,1-2H3. The second-order valence-corrected chi connectivity index (χ2v) is 7.32. The normalized spacial score (nSPS) is 16.4. The van der Waals surface area contributed by atoms with Crippen LogP contribution in [0.1, 0.15) is 39.5 Å². The van der Waals surface area contributed by atoms with Crippen molar-refractivity contribution < 1.29 is 22.7 Å². The topological polar surface area (TPSA) is 31.6 Å². The molecule has 3 aromatic rings. The number of halogens is 2. The van der Waals surface area contributed by atoms with Gasteiger partial charge in [-0.1, -0.05) is 25.5 Å². The van der Waals surface area contributed by atoms with E-state index in [-0.39, 0.29) is 22.7 Å². The van der Waals surface area contributed by atoms with Crippen molar-refractivity contribution in [3.8, 4) is 11.5 Å². The Hall–Kier alpha value is -2.56. The summed E-state index contributed by atoms with van der Waals surface area (Å²) in [4.78, 5) is 0. The van der Waals surface area contributed by atoms with E-state index in [4.69, 9.17) is 13.9 Å². The van der Waals surface area contributed by atoms with Gasteiger partial charge in [0.15, 0.2) is 22.7 Å². The van der Waals surface area contributed by atoms with Gasteiger partial charge in [0, 0.05) is 16.7 Å². The van der Waals surface area contributed by atoms with E-state index < -0.39 is 11.6 Å². The third kappa shape index (κ3) is 3.34. The summed E-state index contributed by atoms with van der Waals surface area (Å²) >= 11 is 0. The fourth-order valence-corrected chi connectivity index (χ4v) is 3.70. The lowest BCUT2D eigenvalue weighted by Gasteiger charge is -2.29. The molecule has 1 saturated carbocycles. The van der Waals surface area contributed by atoms with Crippen LogP contribution in [-0.4, -0.2) is 13.2 Å². The first-order chi connectivity index (χ1) is 13.6. The molecule has 3 nitrogen and oxygen atoms in total. The van der Waals surface area contributed by atoms with E-state index in [1.54, 1.807) is 24.3 Å². The third-order valence-electron chi connectivity index (χ3n) is 5.15. The zero-order valence-corrected chi connectivity index (χ0v) is 16.2. The van der Waals surface area contributed by atoms with Gasteiger partial charge >= 0.3 is 0 Å². The van der Waals surface area contributed by atoms with Crippen molar-refractivity contribution in [3.63, 3.8) is 0 Å². The lowest BCUT2D eigenvalue weighted by Crippen LogP contribution is -2.22. The Bertz CT molecular complexity index is 1030. The van der Waals surface area contributed by atoms with Crippen molar-refractivity contribution in [2.24, 2.45) is 5.92 Å². The van der Waals surface area contributed by atoms with Crippen LogP contribution in [0.5, 0.6) is 11.5 Å². The van der Waals surface area contributed by atoms with Crippen molar-refractivity contribution >= 4 is 21.9 Å². The Morgan fingerprint density at radius 1 is 0.964 bits per heavy atom. The van der Waals surface area contributed by atoms with Crippen LogP contribution in [-0.2, 0) is 0 Å². The van der Waals surface area contributed by atoms with E-state index in [1.165, 1.54) is 5.57 Å². The Morgan fingerprint density at radius 2 is 1.57 bits per heavy atom. The number of furan rings is 1. The molecule has 0 amide bonds. The first-order valence-electron chi connectivity index (χ1n) is 9.89. The second-order valence-electron chi connectivity index (χ2n) is 7.32. The highest BCUT2D eigenvalue weighted by Gasteiger charge is 2.25. The van der Waals surface area contributed by atoms with Gasteiger partial charge in [0.25, 0.3) is 0 Å². The predicted octanol–water partition coefficient (Wildman–Crippen LogP) is 6.78. The van der Waals surface area contributed by atoms with E-state index >= 15 is 0 Å². The molecule has 0 spiro atoms. The lowest BCUT2D eigenvalue weighted by atomic mass is 9.80. The van der Waals surface area contributed by atoms with E-state index in [0.29, 0.717) is 29.9 Å². The van der Waals surface area contributed by atoms with Crippen molar-refractivity contribution in [2.45, 2.75) is 39.5 Å². The number of hydrogen-bond acceptors (Lipinski definition) is 3. The Kier molecular flexibility index (Phi) is 5.25. The van der Waals surface area contributed by atoms with Gasteiger partial charge in [-0.15, -0.1) is 0 Å². The molecule has 5 heteroatoms. The van der Waals surface area contributed by atoms with Gasteiger partial charge < -0.3 is 13.9 Å². The van der Waals surface area contributed by atoms with Gasteiger partial charge in [-0.05, 0) is 49.9 Å². The summed E-state index contributed by atoms with van der Waals surface area (Å²) in [5.74, 6) is -0.519. The minimum atomic E-state index is -0.603. The van der Waals surface area contributed by atoms with E-state index in [2.05, 4.69) is 13.0 Å². The maximum Gasteiger partial charge on any atom is 0.208 e. The van der Waals surface area contributed by atoms with E-state index in [9.17, 15) is 8.78 Å². The van der Waals surface area contributed by atoms with Crippen LogP contribution in [0.4, 0.5) is 8.78 Å². The molecule has 1 aliphatic carbocycles. The highest BCUT2D eigenvalue weighted by Crippen LogP contribution is 2.39.